The third-order valence-corrected chi connectivity index (χ3v) is 4.73. The quantitative estimate of drug-likeness (QED) is 0.361. The van der Waals surface area contributed by atoms with E-state index in [4.69, 9.17) is 4.74 Å². The molecule has 0 radical (unpaired) electrons. The maximum Gasteiger partial charge on any atom is 0.214 e. The van der Waals surface area contributed by atoms with E-state index < -0.39 is 17.8 Å². The second-order valence-corrected chi connectivity index (χ2v) is 8.45. The van der Waals surface area contributed by atoms with Crippen molar-refractivity contribution in [2.24, 2.45) is 0 Å². The third kappa shape index (κ3) is 6.43. The van der Waals surface area contributed by atoms with Crippen molar-refractivity contribution < 1.29 is 24.1 Å². The highest BCUT2D eigenvalue weighted by molar-refractivity contribution is 5.98. The number of halogens is 1. The number of aliphatic hydroxyl groups excluding tert-OH is 1. The largest absolute Gasteiger partial charge is 0.508 e. The van der Waals surface area contributed by atoms with Crippen molar-refractivity contribution in [2.75, 3.05) is 0 Å². The van der Waals surface area contributed by atoms with Gasteiger partial charge in [0.1, 0.15) is 11.6 Å². The van der Waals surface area contributed by atoms with Crippen molar-refractivity contribution in [2.45, 2.75) is 45.8 Å². The standard InChI is InChI=1S/C25H27FN2O4/c1-25(2,3)32-24(31)28-14-19-8-7-18(12-21(19)16-5-4-6-20(29)11-16)23(30)13-17-9-10-27-15-22(17)26/h4-12,15,24,28-29,31H,13-14H2,1-3H3. The average molecular weight is 438 g/mol. The molecule has 0 spiro atoms. The molecule has 32 heavy (non-hydrogen) atoms. The van der Waals surface area contributed by atoms with E-state index in [1.807, 2.05) is 26.8 Å². The Morgan fingerprint density at radius 3 is 2.62 bits per heavy atom. The van der Waals surface area contributed by atoms with Crippen LogP contribution in [0, 0.1) is 5.82 Å². The van der Waals surface area contributed by atoms with Gasteiger partial charge in [0.15, 0.2) is 5.78 Å². The predicted octanol–water partition coefficient (Wildman–Crippen LogP) is 4.20. The number of aromatic nitrogens is 1. The Hall–Kier alpha value is -3.13. The van der Waals surface area contributed by atoms with Gasteiger partial charge in [0.05, 0.1) is 11.8 Å². The highest BCUT2D eigenvalue weighted by Gasteiger charge is 2.18. The number of aliphatic hydroxyl groups is 1. The molecule has 0 aliphatic heterocycles. The second kappa shape index (κ2) is 9.99. The van der Waals surface area contributed by atoms with Crippen LogP contribution in [0.3, 0.4) is 0 Å². The Kier molecular flexibility index (Phi) is 7.35. The van der Waals surface area contributed by atoms with E-state index in [9.17, 15) is 19.4 Å². The number of nitrogens with zero attached hydrogens (tertiary/aromatic N) is 1. The molecule has 3 rings (SSSR count). The van der Waals surface area contributed by atoms with E-state index in [-0.39, 0.29) is 30.1 Å². The maximum absolute atomic E-state index is 13.9. The van der Waals surface area contributed by atoms with E-state index in [0.717, 1.165) is 11.8 Å². The smallest absolute Gasteiger partial charge is 0.214 e. The van der Waals surface area contributed by atoms with Gasteiger partial charge in [-0.3, -0.25) is 15.1 Å². The fraction of sp³-hybridized carbons (Fsp3) is 0.280. The zero-order valence-electron chi connectivity index (χ0n) is 18.3. The molecular formula is C25H27FN2O4. The molecule has 0 saturated heterocycles. The van der Waals surface area contributed by atoms with E-state index in [1.165, 1.54) is 12.3 Å². The van der Waals surface area contributed by atoms with Gasteiger partial charge in [0.2, 0.25) is 6.41 Å². The molecule has 0 fully saturated rings. The van der Waals surface area contributed by atoms with Crippen LogP contribution >= 0.6 is 0 Å². The summed E-state index contributed by atoms with van der Waals surface area (Å²) >= 11 is 0. The van der Waals surface area contributed by atoms with Gasteiger partial charge in [0, 0.05) is 24.7 Å². The van der Waals surface area contributed by atoms with Crippen LogP contribution in [0.4, 0.5) is 4.39 Å². The first-order chi connectivity index (χ1) is 15.1. The molecule has 0 bridgehead atoms. The number of carbonyl (C=O) groups is 1. The van der Waals surface area contributed by atoms with Crippen molar-refractivity contribution in [3.05, 3.63) is 83.4 Å². The van der Waals surface area contributed by atoms with E-state index in [1.54, 1.807) is 36.4 Å². The van der Waals surface area contributed by atoms with Crippen LogP contribution < -0.4 is 5.32 Å². The molecule has 0 aliphatic rings. The van der Waals surface area contributed by atoms with Crippen LogP contribution in [0.15, 0.2) is 60.9 Å². The number of ketones is 1. The molecule has 1 unspecified atom stereocenters. The Morgan fingerprint density at radius 1 is 1.16 bits per heavy atom. The number of pyridine rings is 1. The number of ether oxygens (including phenoxy) is 1. The highest BCUT2D eigenvalue weighted by Crippen LogP contribution is 2.28. The lowest BCUT2D eigenvalue weighted by Gasteiger charge is -2.25. The number of hydrogen-bond acceptors (Lipinski definition) is 6. The van der Waals surface area contributed by atoms with E-state index in [2.05, 4.69) is 10.3 Å². The van der Waals surface area contributed by atoms with Crippen LogP contribution in [0.25, 0.3) is 11.1 Å². The van der Waals surface area contributed by atoms with Gasteiger partial charge in [-0.05, 0) is 67.3 Å². The molecule has 1 atom stereocenters. The van der Waals surface area contributed by atoms with Crippen molar-refractivity contribution >= 4 is 5.78 Å². The maximum atomic E-state index is 13.9. The summed E-state index contributed by atoms with van der Waals surface area (Å²) in [4.78, 5) is 16.5. The zero-order chi connectivity index (χ0) is 23.3. The molecule has 2 aromatic carbocycles. The number of benzene rings is 2. The number of Topliss-reactive ketones (excluding diaryl/α,β-unsaturated/α-hetero) is 1. The summed E-state index contributed by atoms with van der Waals surface area (Å²) in [5, 5.41) is 22.9. The number of hydrogen-bond donors (Lipinski definition) is 3. The van der Waals surface area contributed by atoms with Gasteiger partial charge in [-0.1, -0.05) is 24.3 Å². The molecule has 1 heterocycles. The summed E-state index contributed by atoms with van der Waals surface area (Å²) in [6.45, 7) is 5.77. The minimum absolute atomic E-state index is 0.0908. The van der Waals surface area contributed by atoms with Crippen molar-refractivity contribution in [3.8, 4) is 16.9 Å². The van der Waals surface area contributed by atoms with Crippen LogP contribution in [0.1, 0.15) is 42.3 Å². The van der Waals surface area contributed by atoms with E-state index >= 15 is 0 Å². The van der Waals surface area contributed by atoms with Crippen LogP contribution in [-0.2, 0) is 17.7 Å². The van der Waals surface area contributed by atoms with Gasteiger partial charge < -0.3 is 14.9 Å². The predicted molar refractivity (Wildman–Crippen MR) is 119 cm³/mol. The third-order valence-electron chi connectivity index (χ3n) is 4.73. The topological polar surface area (TPSA) is 91.7 Å². The van der Waals surface area contributed by atoms with Crippen molar-refractivity contribution in [1.29, 1.82) is 0 Å². The number of carbonyl (C=O) groups excluding carboxylic acids is 1. The lowest BCUT2D eigenvalue weighted by atomic mass is 9.94. The summed E-state index contributed by atoms with van der Waals surface area (Å²) in [7, 11) is 0. The fourth-order valence-corrected chi connectivity index (χ4v) is 3.24. The molecule has 3 aromatic rings. The number of aromatic hydroxyl groups is 1. The molecule has 7 heteroatoms. The molecular weight excluding hydrogens is 411 g/mol. The highest BCUT2D eigenvalue weighted by atomic mass is 19.1. The SMILES string of the molecule is CC(C)(C)OC(O)NCc1ccc(C(=O)Cc2ccncc2F)cc1-c1cccc(O)c1. The molecule has 0 amide bonds. The van der Waals surface area contributed by atoms with Crippen molar-refractivity contribution in [1.82, 2.24) is 10.3 Å². The first kappa shape index (κ1) is 23.5. The summed E-state index contributed by atoms with van der Waals surface area (Å²) in [6.07, 6.45) is 1.26. The normalized spacial score (nSPS) is 12.5. The first-order valence-corrected chi connectivity index (χ1v) is 10.3. The van der Waals surface area contributed by atoms with E-state index in [0.29, 0.717) is 16.7 Å². The average Bonchev–Trinajstić information content (AvgIpc) is 2.72. The summed E-state index contributed by atoms with van der Waals surface area (Å²) in [6, 6.07) is 13.3. The van der Waals surface area contributed by atoms with Crippen LogP contribution in [0.2, 0.25) is 0 Å². The summed E-state index contributed by atoms with van der Waals surface area (Å²) < 4.78 is 19.4. The summed E-state index contributed by atoms with van der Waals surface area (Å²) in [5.41, 5.74) is 2.36. The van der Waals surface area contributed by atoms with Gasteiger partial charge in [-0.15, -0.1) is 0 Å². The Morgan fingerprint density at radius 2 is 1.94 bits per heavy atom. The Labute approximate surface area is 186 Å². The van der Waals surface area contributed by atoms with Gasteiger partial charge in [-0.25, -0.2) is 4.39 Å². The van der Waals surface area contributed by atoms with Crippen molar-refractivity contribution in [3.63, 3.8) is 0 Å². The Bertz CT molecular complexity index is 1100. The van der Waals surface area contributed by atoms with Gasteiger partial charge >= 0.3 is 0 Å². The second-order valence-electron chi connectivity index (χ2n) is 8.45. The molecule has 168 valence electrons. The van der Waals surface area contributed by atoms with Crippen LogP contribution in [-0.4, -0.2) is 33.0 Å². The lowest BCUT2D eigenvalue weighted by Crippen LogP contribution is -2.37. The number of phenols is 1. The molecule has 6 nitrogen and oxygen atoms in total. The number of phenolic OH excluding ortho intramolecular Hbond substituents is 1. The molecule has 0 aliphatic carbocycles. The van der Waals surface area contributed by atoms with Gasteiger partial charge in [0.25, 0.3) is 0 Å². The van der Waals surface area contributed by atoms with Crippen LogP contribution in [0.5, 0.6) is 5.75 Å². The zero-order valence-corrected chi connectivity index (χ0v) is 18.3. The lowest BCUT2D eigenvalue weighted by molar-refractivity contribution is -0.182. The minimum atomic E-state index is -1.18. The number of rotatable bonds is 8. The Balaban J connectivity index is 1.89. The van der Waals surface area contributed by atoms with Gasteiger partial charge in [-0.2, -0.15) is 0 Å². The minimum Gasteiger partial charge on any atom is -0.508 e. The molecule has 3 N–H and O–H groups in total. The molecule has 1 aromatic heterocycles. The number of nitrogens with one attached hydrogen (secondary N) is 1. The monoisotopic (exact) mass is 438 g/mol. The first-order valence-electron chi connectivity index (χ1n) is 10.3. The molecule has 0 saturated carbocycles. The fourth-order valence-electron chi connectivity index (χ4n) is 3.24. The summed E-state index contributed by atoms with van der Waals surface area (Å²) in [5.74, 6) is -0.678.